The number of rotatable bonds is 4. The molecule has 2 aromatic rings. The summed E-state index contributed by atoms with van der Waals surface area (Å²) in [5.74, 6) is -0.897. The summed E-state index contributed by atoms with van der Waals surface area (Å²) in [7, 11) is 0. The van der Waals surface area contributed by atoms with Crippen LogP contribution in [-0.4, -0.2) is 33.5 Å². The summed E-state index contributed by atoms with van der Waals surface area (Å²) >= 11 is 4.13. The van der Waals surface area contributed by atoms with Crippen molar-refractivity contribution in [2.75, 3.05) is 11.9 Å². The number of amides is 3. The number of aromatic amines is 1. The van der Waals surface area contributed by atoms with E-state index in [0.29, 0.717) is 10.6 Å². The quantitative estimate of drug-likeness (QED) is 0.763. The van der Waals surface area contributed by atoms with Crippen LogP contribution in [0.2, 0.25) is 0 Å². The van der Waals surface area contributed by atoms with E-state index in [-0.39, 0.29) is 6.54 Å². The summed E-state index contributed by atoms with van der Waals surface area (Å²) in [4.78, 5) is 40.5. The molecule has 2 N–H and O–H groups in total. The lowest BCUT2D eigenvalue weighted by atomic mass is 10.3. The number of carbonyl (C=O) groups is 3. The number of anilines is 1. The first-order chi connectivity index (χ1) is 11.5. The van der Waals surface area contributed by atoms with Gasteiger partial charge in [-0.15, -0.1) is 0 Å². The first-order valence-electron chi connectivity index (χ1n) is 6.97. The van der Waals surface area contributed by atoms with Gasteiger partial charge in [-0.2, -0.15) is 0 Å². The molecule has 3 rings (SSSR count). The Morgan fingerprint density at radius 3 is 2.67 bits per heavy atom. The van der Waals surface area contributed by atoms with Gasteiger partial charge in [-0.1, -0.05) is 15.9 Å². The highest BCUT2D eigenvalue weighted by molar-refractivity contribution is 9.10. The van der Waals surface area contributed by atoms with Crippen molar-refractivity contribution in [3.63, 3.8) is 0 Å². The third-order valence-corrected chi connectivity index (χ3v) is 4.65. The van der Waals surface area contributed by atoms with E-state index in [9.17, 15) is 14.4 Å². The molecule has 3 amide bonds. The van der Waals surface area contributed by atoms with Crippen LogP contribution < -0.4 is 5.32 Å². The molecule has 122 valence electrons. The average molecular weight is 406 g/mol. The molecule has 0 bridgehead atoms. The first kappa shape index (κ1) is 16.5. The van der Waals surface area contributed by atoms with Gasteiger partial charge in [0.25, 0.3) is 11.1 Å². The summed E-state index contributed by atoms with van der Waals surface area (Å²) in [5.41, 5.74) is 1.32. The van der Waals surface area contributed by atoms with E-state index in [1.54, 1.807) is 48.7 Å². The van der Waals surface area contributed by atoms with E-state index in [1.807, 2.05) is 0 Å². The summed E-state index contributed by atoms with van der Waals surface area (Å²) < 4.78 is 0.890. The number of H-pyrrole nitrogens is 1. The predicted molar refractivity (Wildman–Crippen MR) is 96.2 cm³/mol. The fraction of sp³-hybridized carbons (Fsp3) is 0.0625. The molecule has 1 saturated heterocycles. The van der Waals surface area contributed by atoms with Crippen LogP contribution >= 0.6 is 27.7 Å². The number of aromatic nitrogens is 1. The average Bonchev–Trinajstić information content (AvgIpc) is 3.14. The topological polar surface area (TPSA) is 82.3 Å². The highest BCUT2D eigenvalue weighted by Gasteiger charge is 2.36. The molecule has 0 saturated carbocycles. The number of carbonyl (C=O) groups excluding carboxylic acids is 3. The molecule has 0 aliphatic carbocycles. The zero-order valence-corrected chi connectivity index (χ0v) is 14.7. The SMILES string of the molecule is O=C(CN1C(=O)S/C(=C/c2ccc[nH]2)C1=O)Nc1ccc(Br)cc1. The number of halogens is 1. The normalized spacial score (nSPS) is 16.0. The van der Waals surface area contributed by atoms with Crippen molar-refractivity contribution >= 4 is 56.5 Å². The number of imide groups is 1. The summed E-state index contributed by atoms with van der Waals surface area (Å²) in [6, 6.07) is 10.6. The van der Waals surface area contributed by atoms with E-state index in [1.165, 1.54) is 0 Å². The molecule has 8 heteroatoms. The standard InChI is InChI=1S/C16H12BrN3O3S/c17-10-3-5-11(6-4-10)19-14(21)9-20-15(22)13(24-16(20)23)8-12-2-1-7-18-12/h1-8,18H,9H2,(H,19,21)/b13-8+. The second-order valence-corrected chi connectivity index (χ2v) is 6.86. The van der Waals surface area contributed by atoms with Gasteiger partial charge in [0, 0.05) is 22.1 Å². The minimum absolute atomic E-state index is 0.291. The second-order valence-electron chi connectivity index (χ2n) is 4.95. The molecule has 1 fully saturated rings. The molecular formula is C16H12BrN3O3S. The maximum absolute atomic E-state index is 12.3. The third kappa shape index (κ3) is 3.77. The maximum Gasteiger partial charge on any atom is 0.294 e. The molecule has 0 radical (unpaired) electrons. The van der Waals surface area contributed by atoms with Crippen molar-refractivity contribution in [3.8, 4) is 0 Å². The predicted octanol–water partition coefficient (Wildman–Crippen LogP) is 3.45. The second kappa shape index (κ2) is 7.06. The Balaban J connectivity index is 1.66. The summed E-state index contributed by atoms with van der Waals surface area (Å²) in [6.45, 7) is -0.317. The molecule has 1 aromatic carbocycles. The van der Waals surface area contributed by atoms with Crippen LogP contribution in [0.1, 0.15) is 5.69 Å². The number of hydrogen-bond donors (Lipinski definition) is 2. The lowest BCUT2D eigenvalue weighted by Crippen LogP contribution is -2.36. The van der Waals surface area contributed by atoms with Gasteiger partial charge < -0.3 is 10.3 Å². The van der Waals surface area contributed by atoms with Gasteiger partial charge >= 0.3 is 0 Å². The van der Waals surface area contributed by atoms with Crippen LogP contribution in [0.4, 0.5) is 10.5 Å². The molecule has 1 aliphatic rings. The monoisotopic (exact) mass is 405 g/mol. The van der Waals surface area contributed by atoms with Crippen molar-refractivity contribution in [3.05, 3.63) is 57.7 Å². The molecule has 0 spiro atoms. The molecule has 0 unspecified atom stereocenters. The minimum Gasteiger partial charge on any atom is -0.362 e. The smallest absolute Gasteiger partial charge is 0.294 e. The Morgan fingerprint density at radius 2 is 2.00 bits per heavy atom. The Labute approximate surface area is 150 Å². The van der Waals surface area contributed by atoms with Crippen molar-refractivity contribution in [2.24, 2.45) is 0 Å². The van der Waals surface area contributed by atoms with Crippen LogP contribution in [0, 0.1) is 0 Å². The zero-order valence-electron chi connectivity index (χ0n) is 12.3. The molecule has 1 aromatic heterocycles. The van der Waals surface area contributed by atoms with E-state index in [0.717, 1.165) is 26.8 Å². The lowest BCUT2D eigenvalue weighted by Gasteiger charge is -2.12. The minimum atomic E-state index is -0.467. The molecule has 2 heterocycles. The van der Waals surface area contributed by atoms with E-state index in [2.05, 4.69) is 26.2 Å². The van der Waals surface area contributed by atoms with E-state index < -0.39 is 17.1 Å². The van der Waals surface area contributed by atoms with E-state index >= 15 is 0 Å². The van der Waals surface area contributed by atoms with Gasteiger partial charge in [-0.25, -0.2) is 0 Å². The van der Waals surface area contributed by atoms with Crippen LogP contribution in [-0.2, 0) is 9.59 Å². The largest absolute Gasteiger partial charge is 0.362 e. The fourth-order valence-corrected chi connectivity index (χ4v) is 3.18. The number of hydrogen-bond acceptors (Lipinski definition) is 4. The van der Waals surface area contributed by atoms with Crippen LogP contribution in [0.15, 0.2) is 52.0 Å². The maximum atomic E-state index is 12.3. The molecule has 1 aliphatic heterocycles. The van der Waals surface area contributed by atoms with Crippen molar-refractivity contribution in [1.82, 2.24) is 9.88 Å². The van der Waals surface area contributed by atoms with Crippen LogP contribution in [0.3, 0.4) is 0 Å². The van der Waals surface area contributed by atoms with Crippen LogP contribution in [0.25, 0.3) is 6.08 Å². The van der Waals surface area contributed by atoms with Crippen molar-refractivity contribution in [2.45, 2.75) is 0 Å². The van der Waals surface area contributed by atoms with Gasteiger partial charge in [0.2, 0.25) is 5.91 Å². The van der Waals surface area contributed by atoms with Gasteiger partial charge in [0.15, 0.2) is 0 Å². The summed E-state index contributed by atoms with van der Waals surface area (Å²) in [5, 5.41) is 2.20. The first-order valence-corrected chi connectivity index (χ1v) is 8.58. The fourth-order valence-electron chi connectivity index (χ4n) is 2.09. The van der Waals surface area contributed by atoms with Gasteiger partial charge in [-0.05, 0) is 54.2 Å². The Hall–Kier alpha value is -2.32. The van der Waals surface area contributed by atoms with Crippen molar-refractivity contribution < 1.29 is 14.4 Å². The summed E-state index contributed by atoms with van der Waals surface area (Å²) in [6.07, 6.45) is 3.32. The third-order valence-electron chi connectivity index (χ3n) is 3.21. The Kier molecular flexibility index (Phi) is 4.86. The van der Waals surface area contributed by atoms with Gasteiger partial charge in [0.1, 0.15) is 6.54 Å². The van der Waals surface area contributed by atoms with Crippen LogP contribution in [0.5, 0.6) is 0 Å². The number of thioether (sulfide) groups is 1. The molecule has 6 nitrogen and oxygen atoms in total. The molecular weight excluding hydrogens is 394 g/mol. The van der Waals surface area contributed by atoms with Crippen molar-refractivity contribution in [1.29, 1.82) is 0 Å². The van der Waals surface area contributed by atoms with Gasteiger partial charge in [0.05, 0.1) is 4.91 Å². The highest BCUT2D eigenvalue weighted by atomic mass is 79.9. The number of nitrogens with zero attached hydrogens (tertiary/aromatic N) is 1. The number of benzene rings is 1. The number of nitrogens with one attached hydrogen (secondary N) is 2. The molecule has 24 heavy (non-hydrogen) atoms. The Morgan fingerprint density at radius 1 is 1.25 bits per heavy atom. The lowest BCUT2D eigenvalue weighted by molar-refractivity contribution is -0.127. The highest BCUT2D eigenvalue weighted by Crippen LogP contribution is 2.31. The zero-order chi connectivity index (χ0) is 17.1. The van der Waals surface area contributed by atoms with Gasteiger partial charge in [-0.3, -0.25) is 19.3 Å². The van der Waals surface area contributed by atoms with E-state index in [4.69, 9.17) is 0 Å². The molecule has 0 atom stereocenters. The Bertz CT molecular complexity index is 816.